The average Bonchev–Trinajstić information content (AvgIpc) is 3.68. The van der Waals surface area contributed by atoms with Gasteiger partial charge in [0.25, 0.3) is 0 Å². The number of carbonyl (C=O) groups excluding carboxylic acids is 1. The average molecular weight is 712 g/mol. The summed E-state index contributed by atoms with van der Waals surface area (Å²) in [5, 5.41) is 39.2. The number of carboxylic acids is 2. The number of aliphatic carboxylic acids is 2. The van der Waals surface area contributed by atoms with Gasteiger partial charge < -0.3 is 49.1 Å². The van der Waals surface area contributed by atoms with Crippen LogP contribution >= 0.6 is 0 Å². The lowest BCUT2D eigenvalue weighted by atomic mass is 9.43. The fourth-order valence-electron chi connectivity index (χ4n) is 9.07. The molecular formula is C34H62B2N2O12. The van der Waals surface area contributed by atoms with Crippen LogP contribution in [-0.2, 0) is 33.1 Å². The van der Waals surface area contributed by atoms with Crippen LogP contribution in [0.3, 0.4) is 0 Å². The predicted molar refractivity (Wildman–Crippen MR) is 187 cm³/mol. The minimum absolute atomic E-state index is 0. The van der Waals surface area contributed by atoms with E-state index in [4.69, 9.17) is 38.7 Å². The summed E-state index contributed by atoms with van der Waals surface area (Å²) >= 11 is 0. The molecule has 6 fully saturated rings. The predicted octanol–water partition coefficient (Wildman–Crippen LogP) is 3.39. The maximum atomic E-state index is 12.7. The first-order chi connectivity index (χ1) is 22.8. The van der Waals surface area contributed by atoms with E-state index in [1.54, 1.807) is 35.0 Å². The number of amides is 1. The SMILES string of the molecule is C.CO[C@H]1CN(C(=O)OC(C)(C)C)[C@H](C(=O)O)[C@@H]1CCCB1O[C@@H]2C[C@@H]3C[C@@H](C3(C)C)[C@]2(C)O1.CO[C@H]1CN[C@H](C(=O)O)[C@@H]1CCCB(O)O. The molecule has 286 valence electrons. The zero-order valence-corrected chi connectivity index (χ0v) is 30.4. The summed E-state index contributed by atoms with van der Waals surface area (Å²) in [4.78, 5) is 37.1. The highest BCUT2D eigenvalue weighted by Crippen LogP contribution is 2.65. The second-order valence-corrected chi connectivity index (χ2v) is 16.3. The molecule has 5 N–H and O–H groups in total. The van der Waals surface area contributed by atoms with Crippen molar-refractivity contribution in [2.24, 2.45) is 29.1 Å². The molecule has 6 rings (SSSR count). The Bertz CT molecular complexity index is 1170. The molecule has 0 aromatic rings. The molecule has 14 nitrogen and oxygen atoms in total. The van der Waals surface area contributed by atoms with Gasteiger partial charge in [-0.05, 0) is 83.3 Å². The number of nitrogens with one attached hydrogen (secondary N) is 1. The minimum atomic E-state index is -1.32. The number of methoxy groups -OCH3 is 2. The van der Waals surface area contributed by atoms with Crippen LogP contribution in [0.15, 0.2) is 0 Å². The van der Waals surface area contributed by atoms with E-state index >= 15 is 0 Å². The summed E-state index contributed by atoms with van der Waals surface area (Å²) in [7, 11) is 1.55. The molecule has 10 atom stereocenters. The highest BCUT2D eigenvalue weighted by Gasteiger charge is 2.67. The number of carboxylic acid groups (broad SMARTS) is 2. The van der Waals surface area contributed by atoms with Gasteiger partial charge in [-0.25, -0.2) is 9.59 Å². The molecule has 0 aromatic carbocycles. The van der Waals surface area contributed by atoms with E-state index in [1.165, 1.54) is 11.3 Å². The Morgan fingerprint density at radius 2 is 1.62 bits per heavy atom. The fourth-order valence-corrected chi connectivity index (χ4v) is 9.07. The number of rotatable bonds is 12. The van der Waals surface area contributed by atoms with Crippen molar-refractivity contribution in [1.29, 1.82) is 0 Å². The zero-order valence-electron chi connectivity index (χ0n) is 30.4. The number of carbonyl (C=O) groups is 3. The number of ether oxygens (including phenoxy) is 3. The van der Waals surface area contributed by atoms with Gasteiger partial charge in [-0.1, -0.05) is 34.1 Å². The Morgan fingerprint density at radius 3 is 2.16 bits per heavy atom. The van der Waals surface area contributed by atoms with Gasteiger partial charge in [0, 0.05) is 32.6 Å². The Balaban J connectivity index is 0.000000336. The van der Waals surface area contributed by atoms with E-state index in [0.717, 1.165) is 12.8 Å². The molecule has 0 spiro atoms. The van der Waals surface area contributed by atoms with E-state index in [2.05, 4.69) is 26.1 Å². The second kappa shape index (κ2) is 16.8. The maximum Gasteiger partial charge on any atom is 0.457 e. The van der Waals surface area contributed by atoms with Crippen LogP contribution in [0.1, 0.15) is 87.5 Å². The molecule has 3 aliphatic carbocycles. The van der Waals surface area contributed by atoms with Gasteiger partial charge in [-0.3, -0.25) is 9.69 Å². The monoisotopic (exact) mass is 712 g/mol. The molecule has 6 aliphatic rings. The molecule has 3 saturated heterocycles. The highest BCUT2D eigenvalue weighted by molar-refractivity contribution is 6.45. The smallest absolute Gasteiger partial charge is 0.457 e. The van der Waals surface area contributed by atoms with Crippen LogP contribution < -0.4 is 5.32 Å². The summed E-state index contributed by atoms with van der Waals surface area (Å²) in [6.45, 7) is 12.9. The topological polar surface area (TPSA) is 194 Å². The summed E-state index contributed by atoms with van der Waals surface area (Å²) in [6.07, 6.45) is 4.84. The standard InChI is InChI=1S/C24H40BNO7.C9H18BNO5.CH4/c1-22(2,3)31-21(29)26-13-16(30-7)15(19(26)20(27)28)9-8-10-25-32-18-12-14-11-17(23(14,4)5)24(18,6)33-25;1-16-7-5-11-8(9(12)13)6(7)3-2-4-10(14)15;/h14-19H,8-13H2,1-7H3,(H,27,28);6-8,11,14-15H,2-5H2,1H3,(H,12,13);1H4/t14-,15+,16-,17-,18+,19-,24-;6-,7+,8+;/m01./s1. The zero-order chi connectivity index (χ0) is 36.5. The molecule has 3 aliphatic heterocycles. The molecule has 3 saturated carbocycles. The number of hydrogen-bond acceptors (Lipinski definition) is 11. The van der Waals surface area contributed by atoms with Gasteiger partial charge >= 0.3 is 32.3 Å². The van der Waals surface area contributed by atoms with E-state index in [9.17, 15) is 19.5 Å². The molecule has 16 heteroatoms. The largest absolute Gasteiger partial charge is 0.480 e. The molecular weight excluding hydrogens is 650 g/mol. The van der Waals surface area contributed by atoms with Crippen LogP contribution in [0.4, 0.5) is 4.79 Å². The van der Waals surface area contributed by atoms with Gasteiger partial charge in [0.2, 0.25) is 0 Å². The van der Waals surface area contributed by atoms with E-state index in [-0.39, 0.29) is 63.2 Å². The molecule has 0 aromatic heterocycles. The van der Waals surface area contributed by atoms with Gasteiger partial charge in [-0.15, -0.1) is 0 Å². The maximum absolute atomic E-state index is 12.7. The van der Waals surface area contributed by atoms with Crippen molar-refractivity contribution in [3.05, 3.63) is 0 Å². The normalized spacial score (nSPS) is 35.3. The Morgan fingerprint density at radius 1 is 0.980 bits per heavy atom. The molecule has 50 heavy (non-hydrogen) atoms. The number of likely N-dealkylation sites (tertiary alicyclic amines) is 1. The van der Waals surface area contributed by atoms with Crippen molar-refractivity contribution in [3.63, 3.8) is 0 Å². The van der Waals surface area contributed by atoms with Gasteiger partial charge in [0.15, 0.2) is 0 Å². The van der Waals surface area contributed by atoms with Crippen molar-refractivity contribution in [2.45, 2.75) is 142 Å². The van der Waals surface area contributed by atoms with Crippen LogP contribution in [-0.4, -0.2) is 126 Å². The summed E-state index contributed by atoms with van der Waals surface area (Å²) < 4.78 is 29.1. The van der Waals surface area contributed by atoms with Crippen molar-refractivity contribution in [3.8, 4) is 0 Å². The lowest BCUT2D eigenvalue weighted by molar-refractivity contribution is -0.199. The lowest BCUT2D eigenvalue weighted by Crippen LogP contribution is -2.65. The molecule has 2 bridgehead atoms. The third kappa shape index (κ3) is 9.16. The summed E-state index contributed by atoms with van der Waals surface area (Å²) in [5.41, 5.74) is -0.624. The Labute approximate surface area is 298 Å². The quantitative estimate of drug-likeness (QED) is 0.185. The fraction of sp³-hybridized carbons (Fsp3) is 0.912. The van der Waals surface area contributed by atoms with Gasteiger partial charge in [-0.2, -0.15) is 0 Å². The first-order valence-electron chi connectivity index (χ1n) is 17.8. The third-order valence-electron chi connectivity index (χ3n) is 11.8. The van der Waals surface area contributed by atoms with Crippen LogP contribution in [0.25, 0.3) is 0 Å². The summed E-state index contributed by atoms with van der Waals surface area (Å²) in [5.74, 6) is -1.11. The van der Waals surface area contributed by atoms with Gasteiger partial charge in [0.05, 0.1) is 30.5 Å². The first-order valence-corrected chi connectivity index (χ1v) is 17.8. The molecule has 0 radical (unpaired) electrons. The second-order valence-electron chi connectivity index (χ2n) is 16.3. The highest BCUT2D eigenvalue weighted by atomic mass is 16.7. The first kappa shape index (κ1) is 42.5. The van der Waals surface area contributed by atoms with Gasteiger partial charge in [0.1, 0.15) is 17.7 Å². The number of nitrogens with zero attached hydrogens (tertiary/aromatic N) is 1. The van der Waals surface area contributed by atoms with Crippen molar-refractivity contribution >= 4 is 32.3 Å². The van der Waals surface area contributed by atoms with E-state index in [0.29, 0.717) is 49.4 Å². The van der Waals surface area contributed by atoms with Crippen molar-refractivity contribution in [1.82, 2.24) is 10.2 Å². The molecule has 3 heterocycles. The van der Waals surface area contributed by atoms with Crippen LogP contribution in [0.2, 0.25) is 12.6 Å². The van der Waals surface area contributed by atoms with Crippen molar-refractivity contribution in [2.75, 3.05) is 27.3 Å². The van der Waals surface area contributed by atoms with E-state index < -0.39 is 42.8 Å². The molecule has 0 unspecified atom stereocenters. The third-order valence-corrected chi connectivity index (χ3v) is 11.8. The molecule has 1 amide bonds. The summed E-state index contributed by atoms with van der Waals surface area (Å²) in [6, 6.07) is -1.57. The Hall–Kier alpha value is -1.94. The van der Waals surface area contributed by atoms with Crippen LogP contribution in [0, 0.1) is 29.1 Å². The van der Waals surface area contributed by atoms with Crippen molar-refractivity contribution < 1.29 is 58.2 Å². The Kier molecular flexibility index (Phi) is 14.3. The van der Waals surface area contributed by atoms with Crippen LogP contribution in [0.5, 0.6) is 0 Å². The number of hydrogen-bond donors (Lipinski definition) is 5. The lowest BCUT2D eigenvalue weighted by Gasteiger charge is -2.64. The minimum Gasteiger partial charge on any atom is -0.480 e. The van der Waals surface area contributed by atoms with E-state index in [1.807, 2.05) is 0 Å².